The molecule has 826 valence electrons. The molecule has 0 saturated carbocycles. The summed E-state index contributed by atoms with van der Waals surface area (Å²) >= 11 is 54.6. The summed E-state index contributed by atoms with van der Waals surface area (Å²) < 4.78 is 185. The number of halogens is 20. The fourth-order valence-corrected chi connectivity index (χ4v) is 14.7. The van der Waals surface area contributed by atoms with Crippen molar-refractivity contribution in [1.29, 1.82) is 0 Å². The minimum absolute atomic E-state index is 0. The Balaban J connectivity index is -0.000000247. The number of benzene rings is 8. The number of urea groups is 1. The molecule has 18 N–H and O–H groups in total. The number of rotatable bonds is 9. The molecule has 3 radical (unpaired) electrons. The summed E-state index contributed by atoms with van der Waals surface area (Å²) in [5.74, 6) is -7.74. The third-order valence-electron chi connectivity index (χ3n) is 17.8. The third kappa shape index (κ3) is 53.9. The molecule has 12 aromatic rings. The van der Waals surface area contributed by atoms with Crippen LogP contribution in [0.5, 0.6) is 0 Å². The van der Waals surface area contributed by atoms with Crippen molar-refractivity contribution < 1.29 is 134 Å². The summed E-state index contributed by atoms with van der Waals surface area (Å²) in [4.78, 5) is 75.5. The van der Waals surface area contributed by atoms with Crippen molar-refractivity contribution >= 4 is 326 Å². The number of hydrogen-bond donors (Lipinski definition) is 14. The van der Waals surface area contributed by atoms with Crippen LogP contribution in [-0.2, 0) is 67.9 Å². The van der Waals surface area contributed by atoms with E-state index in [1.54, 1.807) is 43.5 Å². The maximum atomic E-state index is 13.8. The second-order valence-corrected chi connectivity index (χ2v) is 44.2. The van der Waals surface area contributed by atoms with Gasteiger partial charge in [0.05, 0.1) is 97.6 Å². The number of hydrogen-bond acceptors (Lipinski definition) is 30. The second kappa shape index (κ2) is 74.8. The molecule has 33 nitrogen and oxygen atoms in total. The van der Waals surface area contributed by atoms with Gasteiger partial charge in [0.15, 0.2) is 21.9 Å². The number of anilines is 4. The molecule has 2 fully saturated rings. The molecule has 8 aromatic carbocycles. The number of para-hydroxylation sites is 1. The summed E-state index contributed by atoms with van der Waals surface area (Å²) in [5.41, 5.74) is 27.7. The molecule has 150 heavy (non-hydrogen) atoms. The number of carbonyl (C=O) groups excluding carboxylic acids is 2. The van der Waals surface area contributed by atoms with Gasteiger partial charge in [-0.3, -0.25) is 14.3 Å². The van der Waals surface area contributed by atoms with E-state index in [0.29, 0.717) is 60.5 Å². The van der Waals surface area contributed by atoms with Crippen LogP contribution < -0.4 is 45.6 Å². The standard InChI is InChI=1S/C13H10BrClFNO2S.C12H24B2O4.C8H5BClFN2O2.C8H3BrClFN2.C8H4BrFN2O.C7H5BrFNO2.C7H7BrFNO.C7H5BrFNO.C7H6FNO2.CH3B.CH4N2O.CH4S.7CH4.BHNS.Cl3OP.Mn.2O/c1-8-9(14)6-11(16)12(17-8)7-20(18,19)13-5-3-2-4-10(13)15;1-9(2)10(3,4)16-13(15-9)14-17-11(5,6)12(7,8)18-14;10-8-12-3-4-1-5(9(14)15)2-6(11)7(4)13-8;9-5-1-4-3-12-8(10)13-7(4)6(11)2-5;9-5-1-4-3-11-8(13)12-7(4)6(10)2-5;8-3-1-4(7(11)12)6(10)5(9)2-3;2*8-5-1-4(3-11)7(10)6(9)2-5;8-5-3-1-2-4(6(5)9)7(10)11;1-2;2-1(3)4;1-2;;;;;;;;1-2-3;1-5(2,3)4;;;/h2-6H,7H2,1H3;1-8H3;1-3,14-15H;1-3H;1-3H,(H,11,12,13);1-2H,10H2,(H,11,12);1-2,11H,3,10H2;1-3H,10H2;1-3H,9H2,(H,10,11);1H3;(H4,2,3,4);2H,1H3;7*1H4;3H;;;;. The van der Waals surface area contributed by atoms with Gasteiger partial charge < -0.3 is 83.4 Å². The summed E-state index contributed by atoms with van der Waals surface area (Å²) in [6.45, 7) is 19.1. The number of sulfone groups is 1. The van der Waals surface area contributed by atoms with E-state index in [1.165, 1.54) is 98.2 Å². The fraction of sp³-hybridized carbons (Fsp3) is 0.276. The number of aldehydes is 1. The summed E-state index contributed by atoms with van der Waals surface area (Å²) in [7, 11) is 2.42. The molecule has 0 atom stereocenters. The molecule has 2 amide bonds. The van der Waals surface area contributed by atoms with Crippen LogP contribution in [-0.4, -0.2) is 158 Å². The Bertz CT molecular complexity index is 6630. The number of thiol groups is 2. The van der Waals surface area contributed by atoms with Crippen molar-refractivity contribution in [2.45, 2.75) is 161 Å². The molecule has 0 unspecified atom stereocenters. The Hall–Kier alpha value is -7.29. The second-order valence-electron chi connectivity index (χ2n) is 28.6. The van der Waals surface area contributed by atoms with Gasteiger partial charge in [-0.05, 0) is 244 Å². The number of nitrogens with one attached hydrogen (secondary N) is 1. The summed E-state index contributed by atoms with van der Waals surface area (Å²) in [6, 6.07) is 26.4. The van der Waals surface area contributed by atoms with E-state index in [2.05, 4.69) is 221 Å². The van der Waals surface area contributed by atoms with Gasteiger partial charge in [0.25, 0.3) is 0 Å². The first-order valence-electron chi connectivity index (χ1n) is 38.2. The Morgan fingerprint density at radius 2 is 0.913 bits per heavy atom. The van der Waals surface area contributed by atoms with Crippen molar-refractivity contribution in [3.8, 4) is 0 Å². The number of aromatic nitrogens is 7. The predicted molar refractivity (Wildman–Crippen MR) is 610 cm³/mol. The molecule has 4 aromatic heterocycles. The van der Waals surface area contributed by atoms with Crippen molar-refractivity contribution in [3.05, 3.63) is 273 Å². The first-order chi connectivity index (χ1) is 66.1. The Morgan fingerprint density at radius 1 is 0.553 bits per heavy atom. The number of pyridine rings is 1. The summed E-state index contributed by atoms with van der Waals surface area (Å²) in [6.07, 6.45) is 6.35. The number of carboxylic acids is 2. The number of nitrogen functional groups attached to an aromatic ring is 4. The molecular formula is C87H109B5Br6Cl6F8MnN14O19PS3. The van der Waals surface area contributed by atoms with Crippen LogP contribution in [0.3, 0.4) is 0 Å². The van der Waals surface area contributed by atoms with Crippen molar-refractivity contribution in [2.24, 2.45) is 15.8 Å². The zero-order valence-corrected chi connectivity index (χ0v) is 94.1. The monoisotopic (exact) mass is 2730 g/mol. The van der Waals surface area contributed by atoms with Crippen molar-refractivity contribution in [1.82, 2.24) is 34.9 Å². The number of nitrogens with zero attached hydrogens (tertiary/aromatic N) is 7. The molecular weight excluding hydrogens is 2630 g/mol. The van der Waals surface area contributed by atoms with E-state index in [-0.39, 0.29) is 169 Å². The number of aromatic amines is 1. The van der Waals surface area contributed by atoms with Crippen LogP contribution in [0.25, 0.3) is 32.7 Å². The van der Waals surface area contributed by atoms with E-state index >= 15 is 0 Å². The van der Waals surface area contributed by atoms with E-state index in [9.17, 15) is 67.3 Å². The number of H-pyrrole nitrogens is 1. The van der Waals surface area contributed by atoms with E-state index in [1.807, 2.05) is 55.4 Å². The number of amides is 2. The SMILES string of the molecule is C.C.C.C.C.C.C.CC1(C)OB(B2OC(C)(C)C(C)(C)O2)OC1(C)C.CS.Cc1nc(CS(=O)(=O)c2ccccc2Cl)c(F)cc1Br.Fc1cc(Br)cc2cnc(Cl)nc12.NC(N)=O.Nc1c(F)cc(Br)cc1C(=O)O.Nc1c(F)cc(Br)cc1C=O.Nc1c(F)cc(Br)cc1CO.Nc1c(F)cccc1C(=O)O.O=P(Cl)(Cl)Cl.O=c1ncc2cc(Br)cc(F)c2[nH]1.OB(O)c1cc(F)c2nc(Cl)ncc2c1.[B]=NS.[B]C.[O]=[Mn]=[O]. The van der Waals surface area contributed by atoms with Crippen LogP contribution in [0.2, 0.25) is 22.4 Å². The maximum absolute atomic E-state index is 13.8. The number of nitrogens with two attached hydrogens (primary N) is 6. The van der Waals surface area contributed by atoms with Gasteiger partial charge in [-0.15, -0.1) is 0 Å². The average molecular weight is 2740 g/mol. The van der Waals surface area contributed by atoms with Crippen LogP contribution >= 0.6 is 195 Å². The van der Waals surface area contributed by atoms with E-state index < -0.39 is 127 Å². The first-order valence-corrected chi connectivity index (χ1v) is 52.4. The quantitative estimate of drug-likeness (QED) is 0.0121. The van der Waals surface area contributed by atoms with Gasteiger partial charge in [0.1, 0.15) is 57.5 Å². The molecule has 63 heteroatoms. The van der Waals surface area contributed by atoms with E-state index in [4.69, 9.17) is 114 Å². The van der Waals surface area contributed by atoms with Crippen molar-refractivity contribution in [3.63, 3.8) is 0 Å². The number of aliphatic hydroxyl groups excluding tert-OH is 1. The number of primary amides is 2. The number of aryl methyl sites for hydroxylation is 1. The summed E-state index contributed by atoms with van der Waals surface area (Å²) in [5, 5.41) is 41.9. The normalized spacial score (nSPS) is 12.0. The average Bonchev–Trinajstić information content (AvgIpc) is 1.59. The van der Waals surface area contributed by atoms with Gasteiger partial charge in [0.2, 0.25) is 10.6 Å². The van der Waals surface area contributed by atoms with Gasteiger partial charge in [-0.2, -0.15) is 12.6 Å². The fourth-order valence-electron chi connectivity index (χ4n) is 10.0. The molecule has 2 saturated heterocycles. The van der Waals surface area contributed by atoms with Crippen LogP contribution in [0.1, 0.15) is 155 Å². The van der Waals surface area contributed by atoms with Crippen LogP contribution in [0.4, 0.5) is 62.7 Å². The molecule has 14 rings (SSSR count). The third-order valence-corrected chi connectivity index (χ3v) is 23.4. The number of aliphatic hydroxyl groups is 1. The number of aromatic carboxylic acids is 2. The first kappa shape index (κ1) is 158. The van der Waals surface area contributed by atoms with Gasteiger partial charge in [-0.1, -0.05) is 174 Å². The van der Waals surface area contributed by atoms with Gasteiger partial charge >= 0.3 is 97.2 Å². The predicted octanol–water partition coefficient (Wildman–Crippen LogP) is 24.9. The molecule has 2 aliphatic heterocycles. The van der Waals surface area contributed by atoms with Crippen LogP contribution in [0.15, 0.2) is 181 Å². The zero-order valence-electron chi connectivity index (χ0n) is 75.4. The Morgan fingerprint density at radius 3 is 1.32 bits per heavy atom. The molecule has 6 heterocycles. The Labute approximate surface area is 964 Å². The molecule has 0 spiro atoms. The number of carboxylic acid groups (broad SMARTS) is 2. The Kier molecular flexibility index (Phi) is 78.7. The molecule has 0 bridgehead atoms. The van der Waals surface area contributed by atoms with Crippen LogP contribution in [0, 0.1) is 53.5 Å². The van der Waals surface area contributed by atoms with Gasteiger partial charge in [0, 0.05) is 72.7 Å². The number of fused-ring (bicyclic) bond motifs is 3. The zero-order chi connectivity index (χ0) is 111. The topological polar surface area (TPSA) is 570 Å². The minimum atomic E-state index is -3.75. The molecule has 2 aliphatic rings. The number of carbonyl (C=O) groups is 4. The van der Waals surface area contributed by atoms with Crippen molar-refractivity contribution in [2.75, 3.05) is 29.2 Å². The molecule has 0 aliphatic carbocycles. The van der Waals surface area contributed by atoms with Gasteiger partial charge in [-0.25, -0.2) is 87.6 Å². The van der Waals surface area contributed by atoms with E-state index in [0.717, 1.165) is 18.2 Å².